The molecule has 0 aromatic heterocycles. The van der Waals surface area contributed by atoms with Crippen LogP contribution in [-0.4, -0.2) is 29.8 Å². The Hall–Kier alpha value is -1.29. The molecule has 0 N–H and O–H groups in total. The van der Waals surface area contributed by atoms with Crippen LogP contribution in [0.5, 0.6) is 5.75 Å². The van der Waals surface area contributed by atoms with Crippen molar-refractivity contribution < 1.29 is 9.53 Å². The average Bonchev–Trinajstić information content (AvgIpc) is 2.46. The zero-order chi connectivity index (χ0) is 14.8. The van der Waals surface area contributed by atoms with Crippen molar-refractivity contribution in [1.29, 1.82) is 0 Å². The highest BCUT2D eigenvalue weighted by Gasteiger charge is 2.08. The Morgan fingerprint density at radius 1 is 1.35 bits per heavy atom. The fraction of sp³-hybridized carbons (Fsp3) is 0.438. The molecule has 1 aromatic rings. The Kier molecular flexibility index (Phi) is 8.04. The number of hydrogen-bond donors (Lipinski definition) is 0. The zero-order valence-corrected chi connectivity index (χ0v) is 13.6. The number of halogens is 1. The first kappa shape index (κ1) is 16.8. The molecule has 110 valence electrons. The third kappa shape index (κ3) is 6.24. The van der Waals surface area contributed by atoms with E-state index in [9.17, 15) is 4.79 Å². The molecule has 0 saturated carbocycles. The van der Waals surface area contributed by atoms with Crippen LogP contribution in [0.15, 0.2) is 36.9 Å². The van der Waals surface area contributed by atoms with E-state index in [2.05, 4.69) is 22.5 Å². The van der Waals surface area contributed by atoms with E-state index in [1.165, 1.54) is 0 Å². The molecule has 0 spiro atoms. The summed E-state index contributed by atoms with van der Waals surface area (Å²) in [5.74, 6) is 1.01. The highest BCUT2D eigenvalue weighted by molar-refractivity contribution is 9.09. The van der Waals surface area contributed by atoms with Gasteiger partial charge in [0.1, 0.15) is 12.4 Å². The SMILES string of the molecule is C=CCOc1ccc(CN(C)C(=O)CCCCBr)cc1. The Bertz CT molecular complexity index is 417. The molecular formula is C16H22BrNO2. The summed E-state index contributed by atoms with van der Waals surface area (Å²) in [5.41, 5.74) is 1.10. The normalized spacial score (nSPS) is 10.1. The van der Waals surface area contributed by atoms with Gasteiger partial charge in [-0.1, -0.05) is 40.7 Å². The molecule has 4 heteroatoms. The quantitative estimate of drug-likeness (QED) is 0.389. The number of alkyl halides is 1. The van der Waals surface area contributed by atoms with Crippen molar-refractivity contribution in [3.05, 3.63) is 42.5 Å². The van der Waals surface area contributed by atoms with Gasteiger partial charge < -0.3 is 9.64 Å². The smallest absolute Gasteiger partial charge is 0.222 e. The van der Waals surface area contributed by atoms with Crippen molar-refractivity contribution >= 4 is 21.8 Å². The van der Waals surface area contributed by atoms with Gasteiger partial charge in [-0.15, -0.1) is 0 Å². The van der Waals surface area contributed by atoms with Gasteiger partial charge in [0.15, 0.2) is 0 Å². The van der Waals surface area contributed by atoms with Crippen molar-refractivity contribution in [1.82, 2.24) is 4.90 Å². The summed E-state index contributed by atoms with van der Waals surface area (Å²) < 4.78 is 5.43. The molecule has 0 fully saturated rings. The topological polar surface area (TPSA) is 29.5 Å². The number of unbranched alkanes of at least 4 members (excludes halogenated alkanes) is 1. The molecule has 1 rings (SSSR count). The van der Waals surface area contributed by atoms with Crippen LogP contribution in [0, 0.1) is 0 Å². The van der Waals surface area contributed by atoms with Gasteiger partial charge in [0.05, 0.1) is 0 Å². The fourth-order valence-electron chi connectivity index (χ4n) is 1.77. The van der Waals surface area contributed by atoms with Gasteiger partial charge in [-0.25, -0.2) is 0 Å². The van der Waals surface area contributed by atoms with Crippen LogP contribution in [0.25, 0.3) is 0 Å². The minimum Gasteiger partial charge on any atom is -0.490 e. The van der Waals surface area contributed by atoms with Crippen LogP contribution in [0.3, 0.4) is 0 Å². The second kappa shape index (κ2) is 9.59. The summed E-state index contributed by atoms with van der Waals surface area (Å²) >= 11 is 3.37. The molecule has 20 heavy (non-hydrogen) atoms. The summed E-state index contributed by atoms with van der Waals surface area (Å²) in [6, 6.07) is 7.81. The third-order valence-corrected chi connectivity index (χ3v) is 3.47. The maximum absolute atomic E-state index is 11.9. The van der Waals surface area contributed by atoms with Crippen molar-refractivity contribution in [2.75, 3.05) is 19.0 Å². The molecule has 0 aliphatic carbocycles. The lowest BCUT2D eigenvalue weighted by atomic mass is 10.2. The van der Waals surface area contributed by atoms with Crippen molar-refractivity contribution in [3.8, 4) is 5.75 Å². The van der Waals surface area contributed by atoms with E-state index in [0.29, 0.717) is 19.6 Å². The molecule has 1 aromatic carbocycles. The molecule has 0 aliphatic heterocycles. The summed E-state index contributed by atoms with van der Waals surface area (Å²) in [7, 11) is 1.85. The van der Waals surface area contributed by atoms with E-state index >= 15 is 0 Å². The summed E-state index contributed by atoms with van der Waals surface area (Å²) in [6.07, 6.45) is 4.30. The number of ether oxygens (including phenoxy) is 1. The first-order valence-corrected chi connectivity index (χ1v) is 7.92. The van der Waals surface area contributed by atoms with Gasteiger partial charge in [0, 0.05) is 25.3 Å². The van der Waals surface area contributed by atoms with Crippen molar-refractivity contribution in [2.45, 2.75) is 25.8 Å². The van der Waals surface area contributed by atoms with Crippen LogP contribution < -0.4 is 4.74 Å². The third-order valence-electron chi connectivity index (χ3n) is 2.91. The number of nitrogens with zero attached hydrogens (tertiary/aromatic N) is 1. The highest BCUT2D eigenvalue weighted by atomic mass is 79.9. The first-order valence-electron chi connectivity index (χ1n) is 6.80. The summed E-state index contributed by atoms with van der Waals surface area (Å²) in [4.78, 5) is 13.7. The van der Waals surface area contributed by atoms with Crippen LogP contribution in [0.2, 0.25) is 0 Å². The van der Waals surface area contributed by atoms with E-state index in [1.54, 1.807) is 11.0 Å². The number of hydrogen-bond acceptors (Lipinski definition) is 2. The molecule has 0 bridgehead atoms. The molecule has 0 atom stereocenters. The molecule has 0 saturated heterocycles. The second-order valence-electron chi connectivity index (χ2n) is 4.64. The van der Waals surface area contributed by atoms with Crippen molar-refractivity contribution in [3.63, 3.8) is 0 Å². The number of carbonyl (C=O) groups excluding carboxylic acids is 1. The van der Waals surface area contributed by atoms with Gasteiger partial charge in [-0.05, 0) is 30.5 Å². The molecule has 0 unspecified atom stereocenters. The minimum absolute atomic E-state index is 0.193. The second-order valence-corrected chi connectivity index (χ2v) is 5.43. The van der Waals surface area contributed by atoms with E-state index in [0.717, 1.165) is 29.5 Å². The van der Waals surface area contributed by atoms with Crippen LogP contribution >= 0.6 is 15.9 Å². The van der Waals surface area contributed by atoms with E-state index in [-0.39, 0.29) is 5.91 Å². The Labute approximate surface area is 129 Å². The first-order chi connectivity index (χ1) is 9.67. The highest BCUT2D eigenvalue weighted by Crippen LogP contribution is 2.14. The molecule has 0 aliphatic rings. The number of rotatable bonds is 9. The monoisotopic (exact) mass is 339 g/mol. The van der Waals surface area contributed by atoms with Gasteiger partial charge >= 0.3 is 0 Å². The summed E-state index contributed by atoms with van der Waals surface area (Å²) in [5, 5.41) is 0.955. The maximum Gasteiger partial charge on any atom is 0.222 e. The van der Waals surface area contributed by atoms with E-state index in [4.69, 9.17) is 4.74 Å². The number of amides is 1. The largest absolute Gasteiger partial charge is 0.490 e. The van der Waals surface area contributed by atoms with Crippen LogP contribution in [0.4, 0.5) is 0 Å². The predicted octanol–water partition coefficient (Wildman–Crippen LogP) is 3.78. The minimum atomic E-state index is 0.193. The Morgan fingerprint density at radius 2 is 2.05 bits per heavy atom. The van der Waals surface area contributed by atoms with Crippen LogP contribution in [-0.2, 0) is 11.3 Å². The molecule has 0 radical (unpaired) electrons. The van der Waals surface area contributed by atoms with Crippen LogP contribution in [0.1, 0.15) is 24.8 Å². The number of benzene rings is 1. The van der Waals surface area contributed by atoms with Crippen molar-refractivity contribution in [2.24, 2.45) is 0 Å². The maximum atomic E-state index is 11.9. The van der Waals surface area contributed by atoms with Gasteiger partial charge in [0.25, 0.3) is 0 Å². The number of carbonyl (C=O) groups is 1. The lowest BCUT2D eigenvalue weighted by Gasteiger charge is -2.17. The standard InChI is InChI=1S/C16H22BrNO2/c1-3-12-20-15-9-7-14(8-10-15)13-18(2)16(19)6-4-5-11-17/h3,7-10H,1,4-6,11-13H2,2H3. The average molecular weight is 340 g/mol. The zero-order valence-electron chi connectivity index (χ0n) is 12.0. The van der Waals surface area contributed by atoms with Gasteiger partial charge in [0.2, 0.25) is 5.91 Å². The van der Waals surface area contributed by atoms with E-state index in [1.807, 2.05) is 31.3 Å². The molecule has 1 amide bonds. The van der Waals surface area contributed by atoms with Gasteiger partial charge in [-0.3, -0.25) is 4.79 Å². The summed E-state index contributed by atoms with van der Waals surface area (Å²) in [6.45, 7) is 4.75. The molecule has 3 nitrogen and oxygen atoms in total. The molecular weight excluding hydrogens is 318 g/mol. The van der Waals surface area contributed by atoms with Gasteiger partial charge in [-0.2, -0.15) is 0 Å². The fourth-order valence-corrected chi connectivity index (χ4v) is 2.17. The predicted molar refractivity (Wildman–Crippen MR) is 86.3 cm³/mol. The lowest BCUT2D eigenvalue weighted by Crippen LogP contribution is -2.25. The Balaban J connectivity index is 2.42. The lowest BCUT2D eigenvalue weighted by molar-refractivity contribution is -0.130. The molecule has 0 heterocycles. The van der Waals surface area contributed by atoms with E-state index < -0.39 is 0 Å². The Morgan fingerprint density at radius 3 is 2.65 bits per heavy atom.